The molecule has 1 aromatic carbocycles. The second-order valence-corrected chi connectivity index (χ2v) is 3.82. The van der Waals surface area contributed by atoms with Gasteiger partial charge in [0.2, 0.25) is 6.29 Å². The summed E-state index contributed by atoms with van der Waals surface area (Å²) in [6.07, 6.45) is 3.01. The van der Waals surface area contributed by atoms with Crippen molar-refractivity contribution in [1.82, 2.24) is 9.55 Å². The van der Waals surface area contributed by atoms with E-state index in [4.69, 9.17) is 15.2 Å². The van der Waals surface area contributed by atoms with Crippen LogP contribution in [-0.4, -0.2) is 23.8 Å². The predicted molar refractivity (Wildman–Crippen MR) is 68.2 cm³/mol. The molecule has 5 nitrogen and oxygen atoms in total. The quantitative estimate of drug-likeness (QED) is 0.816. The van der Waals surface area contributed by atoms with E-state index >= 15 is 0 Å². The first-order valence-corrected chi connectivity index (χ1v) is 5.68. The van der Waals surface area contributed by atoms with Crippen molar-refractivity contribution < 1.29 is 9.47 Å². The Labute approximate surface area is 106 Å². The first-order chi connectivity index (χ1) is 8.81. The van der Waals surface area contributed by atoms with Crippen molar-refractivity contribution in [1.29, 1.82) is 0 Å². The summed E-state index contributed by atoms with van der Waals surface area (Å²) in [6, 6.07) is 7.92. The highest BCUT2D eigenvalue weighted by Crippen LogP contribution is 2.22. The van der Waals surface area contributed by atoms with Crippen molar-refractivity contribution in [3.05, 3.63) is 48.0 Å². The second kappa shape index (κ2) is 5.77. The van der Waals surface area contributed by atoms with Gasteiger partial charge in [-0.3, -0.25) is 4.57 Å². The zero-order valence-electron chi connectivity index (χ0n) is 10.5. The largest absolute Gasteiger partial charge is 0.350 e. The number of rotatable bonds is 5. The molecule has 0 bridgehead atoms. The van der Waals surface area contributed by atoms with E-state index in [-0.39, 0.29) is 0 Å². The fraction of sp³-hybridized carbons (Fsp3) is 0.308. The maximum absolute atomic E-state index is 5.75. The van der Waals surface area contributed by atoms with Crippen molar-refractivity contribution in [2.45, 2.75) is 12.8 Å². The summed E-state index contributed by atoms with van der Waals surface area (Å²) in [5.74, 6) is 0. The molecule has 96 valence electrons. The molecule has 0 amide bonds. The SMILES string of the molecule is COC(OC)c1cncn1-c1ccccc1CN. The molecule has 2 rings (SSSR count). The molecule has 0 radical (unpaired) electrons. The highest BCUT2D eigenvalue weighted by molar-refractivity contribution is 5.42. The lowest BCUT2D eigenvalue weighted by Crippen LogP contribution is -2.11. The van der Waals surface area contributed by atoms with Crippen LogP contribution in [0.3, 0.4) is 0 Å². The summed E-state index contributed by atoms with van der Waals surface area (Å²) < 4.78 is 12.5. The Balaban J connectivity index is 2.48. The van der Waals surface area contributed by atoms with Crippen molar-refractivity contribution in [3.8, 4) is 5.69 Å². The number of nitrogens with zero attached hydrogens (tertiary/aromatic N) is 2. The van der Waals surface area contributed by atoms with E-state index < -0.39 is 6.29 Å². The summed E-state index contributed by atoms with van der Waals surface area (Å²) >= 11 is 0. The van der Waals surface area contributed by atoms with Crippen LogP contribution in [0, 0.1) is 0 Å². The number of imidazole rings is 1. The zero-order chi connectivity index (χ0) is 13.0. The van der Waals surface area contributed by atoms with Crippen LogP contribution >= 0.6 is 0 Å². The lowest BCUT2D eigenvalue weighted by molar-refractivity contribution is -0.109. The van der Waals surface area contributed by atoms with Crippen LogP contribution < -0.4 is 5.73 Å². The molecule has 1 aromatic heterocycles. The smallest absolute Gasteiger partial charge is 0.200 e. The van der Waals surface area contributed by atoms with E-state index in [1.165, 1.54) is 0 Å². The van der Waals surface area contributed by atoms with Gasteiger partial charge in [0, 0.05) is 20.8 Å². The number of ether oxygens (including phenoxy) is 2. The number of methoxy groups -OCH3 is 2. The Hall–Kier alpha value is -1.69. The molecular weight excluding hydrogens is 230 g/mol. The molecule has 18 heavy (non-hydrogen) atoms. The third kappa shape index (κ3) is 2.28. The van der Waals surface area contributed by atoms with Gasteiger partial charge in [-0.1, -0.05) is 18.2 Å². The average Bonchev–Trinajstić information content (AvgIpc) is 2.89. The minimum absolute atomic E-state index is 0.446. The first-order valence-electron chi connectivity index (χ1n) is 5.68. The molecule has 0 aliphatic carbocycles. The van der Waals surface area contributed by atoms with Crippen molar-refractivity contribution in [2.75, 3.05) is 14.2 Å². The Kier molecular flexibility index (Phi) is 4.09. The summed E-state index contributed by atoms with van der Waals surface area (Å²) in [5, 5.41) is 0. The van der Waals surface area contributed by atoms with Crippen LogP contribution in [0.1, 0.15) is 17.5 Å². The number of hydrogen-bond acceptors (Lipinski definition) is 4. The van der Waals surface area contributed by atoms with Gasteiger partial charge in [0.25, 0.3) is 0 Å². The lowest BCUT2D eigenvalue weighted by Gasteiger charge is -2.17. The topological polar surface area (TPSA) is 62.3 Å². The highest BCUT2D eigenvalue weighted by Gasteiger charge is 2.16. The van der Waals surface area contributed by atoms with Crippen LogP contribution in [0.4, 0.5) is 0 Å². The van der Waals surface area contributed by atoms with Crippen molar-refractivity contribution in [2.24, 2.45) is 5.73 Å². The highest BCUT2D eigenvalue weighted by atomic mass is 16.7. The molecule has 0 saturated carbocycles. The van der Waals surface area contributed by atoms with Gasteiger partial charge in [-0.15, -0.1) is 0 Å². The number of benzene rings is 1. The Morgan fingerprint density at radius 3 is 2.67 bits per heavy atom. The maximum Gasteiger partial charge on any atom is 0.200 e. The summed E-state index contributed by atoms with van der Waals surface area (Å²) in [7, 11) is 3.20. The Morgan fingerprint density at radius 2 is 2.00 bits per heavy atom. The predicted octanol–water partition coefficient (Wildman–Crippen LogP) is 1.62. The zero-order valence-corrected chi connectivity index (χ0v) is 10.5. The van der Waals surface area contributed by atoms with Gasteiger partial charge >= 0.3 is 0 Å². The molecule has 0 spiro atoms. The first kappa shape index (κ1) is 12.8. The van der Waals surface area contributed by atoms with E-state index in [9.17, 15) is 0 Å². The van der Waals surface area contributed by atoms with Gasteiger partial charge in [-0.2, -0.15) is 0 Å². The molecule has 0 fully saturated rings. The monoisotopic (exact) mass is 247 g/mol. The van der Waals surface area contributed by atoms with Crippen LogP contribution in [0.5, 0.6) is 0 Å². The summed E-state index contributed by atoms with van der Waals surface area (Å²) in [6.45, 7) is 0.471. The van der Waals surface area contributed by atoms with Gasteiger partial charge in [-0.05, 0) is 11.6 Å². The van der Waals surface area contributed by atoms with Crippen LogP contribution in [0.15, 0.2) is 36.8 Å². The maximum atomic E-state index is 5.75. The van der Waals surface area contributed by atoms with Gasteiger partial charge in [0.05, 0.1) is 23.9 Å². The standard InChI is InChI=1S/C13H17N3O2/c1-17-13(18-2)12-8-15-9-16(12)11-6-4-3-5-10(11)7-14/h3-6,8-9,13H,7,14H2,1-2H3. The molecule has 0 aliphatic heterocycles. The van der Waals surface area contributed by atoms with E-state index in [2.05, 4.69) is 4.98 Å². The molecular formula is C13H17N3O2. The second-order valence-electron chi connectivity index (χ2n) is 3.82. The van der Waals surface area contributed by atoms with Crippen molar-refractivity contribution in [3.63, 3.8) is 0 Å². The summed E-state index contributed by atoms with van der Waals surface area (Å²) in [4.78, 5) is 4.15. The number of nitrogens with two attached hydrogens (primary N) is 1. The number of hydrogen-bond donors (Lipinski definition) is 1. The Morgan fingerprint density at radius 1 is 1.28 bits per heavy atom. The fourth-order valence-corrected chi connectivity index (χ4v) is 1.94. The third-order valence-electron chi connectivity index (χ3n) is 2.81. The third-order valence-corrected chi connectivity index (χ3v) is 2.81. The van der Waals surface area contributed by atoms with Crippen LogP contribution in [-0.2, 0) is 16.0 Å². The van der Waals surface area contributed by atoms with E-state index in [1.54, 1.807) is 26.7 Å². The lowest BCUT2D eigenvalue weighted by atomic mass is 10.1. The molecule has 0 aliphatic rings. The molecule has 2 N–H and O–H groups in total. The molecule has 1 heterocycles. The average molecular weight is 247 g/mol. The number of aromatic nitrogens is 2. The van der Waals surface area contributed by atoms with Crippen LogP contribution in [0.25, 0.3) is 5.69 Å². The molecule has 0 unspecified atom stereocenters. The summed E-state index contributed by atoms with van der Waals surface area (Å²) in [5.41, 5.74) is 8.62. The van der Waals surface area contributed by atoms with Gasteiger partial charge in [-0.25, -0.2) is 4.98 Å². The van der Waals surface area contributed by atoms with E-state index in [0.717, 1.165) is 16.9 Å². The minimum atomic E-state index is -0.446. The minimum Gasteiger partial charge on any atom is -0.350 e. The molecule has 0 saturated heterocycles. The molecule has 2 aromatic rings. The fourth-order valence-electron chi connectivity index (χ4n) is 1.94. The normalized spacial score (nSPS) is 11.1. The van der Waals surface area contributed by atoms with Gasteiger partial charge < -0.3 is 15.2 Å². The number of para-hydroxylation sites is 1. The van der Waals surface area contributed by atoms with Gasteiger partial charge in [0.15, 0.2) is 0 Å². The molecule has 5 heteroatoms. The molecule has 0 atom stereocenters. The van der Waals surface area contributed by atoms with Crippen molar-refractivity contribution >= 4 is 0 Å². The van der Waals surface area contributed by atoms with E-state index in [0.29, 0.717) is 6.54 Å². The van der Waals surface area contributed by atoms with Gasteiger partial charge in [0.1, 0.15) is 0 Å². The van der Waals surface area contributed by atoms with E-state index in [1.807, 2.05) is 28.8 Å². The Bertz CT molecular complexity index is 506. The van der Waals surface area contributed by atoms with Crippen LogP contribution in [0.2, 0.25) is 0 Å².